The van der Waals surface area contributed by atoms with Crippen LogP contribution in [-0.2, 0) is 12.8 Å². The maximum Gasteiger partial charge on any atom is 0.0583 e. The minimum absolute atomic E-state index is 0.316. The quantitative estimate of drug-likeness (QED) is 0.865. The van der Waals surface area contributed by atoms with E-state index >= 15 is 0 Å². The topological polar surface area (TPSA) is 20.2 Å². The van der Waals surface area contributed by atoms with Crippen LogP contribution in [0.4, 0.5) is 0 Å². The molecule has 0 bridgehead atoms. The molecule has 2 aromatic carbocycles. The Morgan fingerprint density at radius 2 is 1.67 bits per heavy atom. The summed E-state index contributed by atoms with van der Waals surface area (Å²) in [4.78, 5) is 0. The summed E-state index contributed by atoms with van der Waals surface area (Å²) in [6, 6.07) is 17.9. The first-order valence-corrected chi connectivity index (χ1v) is 6.58. The molecule has 0 radical (unpaired) electrons. The molecule has 0 aliphatic rings. The zero-order chi connectivity index (χ0) is 12.8. The fraction of sp³-hybridized carbons (Fsp3) is 0.250. The first kappa shape index (κ1) is 13.1. The second kappa shape index (κ2) is 6.58. The van der Waals surface area contributed by atoms with Gasteiger partial charge in [-0.25, -0.2) is 0 Å². The van der Waals surface area contributed by atoms with Crippen LogP contribution >= 0.6 is 11.6 Å². The summed E-state index contributed by atoms with van der Waals surface area (Å²) in [5.41, 5.74) is 2.35. The summed E-state index contributed by atoms with van der Waals surface area (Å²) in [5.74, 6) is 0. The molecule has 1 unspecified atom stereocenters. The van der Waals surface area contributed by atoms with Crippen LogP contribution in [0.3, 0.4) is 0 Å². The van der Waals surface area contributed by atoms with Crippen molar-refractivity contribution >= 4 is 11.6 Å². The Morgan fingerprint density at radius 3 is 2.39 bits per heavy atom. The molecular formula is C16H17ClO. The van der Waals surface area contributed by atoms with Crippen molar-refractivity contribution in [2.75, 3.05) is 0 Å². The third-order valence-corrected chi connectivity index (χ3v) is 3.20. The highest BCUT2D eigenvalue weighted by atomic mass is 35.5. The lowest BCUT2D eigenvalue weighted by molar-refractivity contribution is 0.165. The lowest BCUT2D eigenvalue weighted by atomic mass is 10.0. The van der Waals surface area contributed by atoms with Gasteiger partial charge < -0.3 is 5.11 Å². The van der Waals surface area contributed by atoms with Gasteiger partial charge in [0.2, 0.25) is 0 Å². The van der Waals surface area contributed by atoms with Gasteiger partial charge in [-0.05, 0) is 42.5 Å². The van der Waals surface area contributed by atoms with E-state index in [1.807, 2.05) is 42.5 Å². The first-order chi connectivity index (χ1) is 8.74. The van der Waals surface area contributed by atoms with Gasteiger partial charge in [-0.15, -0.1) is 0 Å². The number of hydrogen-bond donors (Lipinski definition) is 1. The number of aryl methyl sites for hydroxylation is 1. The van der Waals surface area contributed by atoms with Gasteiger partial charge in [0.1, 0.15) is 0 Å². The summed E-state index contributed by atoms with van der Waals surface area (Å²) in [6.45, 7) is 0. The van der Waals surface area contributed by atoms with Crippen LogP contribution in [0.2, 0.25) is 5.02 Å². The van der Waals surface area contributed by atoms with E-state index in [9.17, 15) is 5.11 Å². The van der Waals surface area contributed by atoms with Crippen LogP contribution in [0.5, 0.6) is 0 Å². The predicted octanol–water partition coefficient (Wildman–Crippen LogP) is 3.88. The lowest BCUT2D eigenvalue weighted by Gasteiger charge is -2.10. The van der Waals surface area contributed by atoms with Crippen LogP contribution < -0.4 is 0 Å². The zero-order valence-corrected chi connectivity index (χ0v) is 11.0. The van der Waals surface area contributed by atoms with Crippen LogP contribution in [-0.4, -0.2) is 11.2 Å². The second-order valence-corrected chi connectivity index (χ2v) is 4.95. The monoisotopic (exact) mass is 260 g/mol. The van der Waals surface area contributed by atoms with E-state index < -0.39 is 0 Å². The predicted molar refractivity (Wildman–Crippen MR) is 75.9 cm³/mol. The Hall–Kier alpha value is -1.31. The molecule has 0 aromatic heterocycles. The molecule has 0 spiro atoms. The van der Waals surface area contributed by atoms with Crippen LogP contribution in [0, 0.1) is 0 Å². The minimum Gasteiger partial charge on any atom is -0.393 e. The van der Waals surface area contributed by atoms with Gasteiger partial charge in [0.05, 0.1) is 6.10 Å². The molecule has 0 saturated heterocycles. The highest BCUT2D eigenvalue weighted by Crippen LogP contribution is 2.14. The van der Waals surface area contributed by atoms with Crippen LogP contribution in [0.25, 0.3) is 0 Å². The van der Waals surface area contributed by atoms with E-state index in [-0.39, 0.29) is 6.10 Å². The SMILES string of the molecule is OC(CCc1ccccc1)Cc1cccc(Cl)c1. The molecule has 0 fully saturated rings. The van der Waals surface area contributed by atoms with Crippen molar-refractivity contribution in [2.45, 2.75) is 25.4 Å². The molecule has 0 aliphatic carbocycles. The molecule has 2 aromatic rings. The summed E-state index contributed by atoms with van der Waals surface area (Å²) >= 11 is 5.92. The third-order valence-electron chi connectivity index (χ3n) is 2.97. The van der Waals surface area contributed by atoms with E-state index in [2.05, 4.69) is 12.1 Å². The van der Waals surface area contributed by atoms with Crippen LogP contribution in [0.1, 0.15) is 17.5 Å². The number of hydrogen-bond acceptors (Lipinski definition) is 1. The van der Waals surface area contributed by atoms with Gasteiger partial charge in [0.25, 0.3) is 0 Å². The van der Waals surface area contributed by atoms with Crippen molar-refractivity contribution in [1.29, 1.82) is 0 Å². The molecule has 1 nitrogen and oxygen atoms in total. The molecule has 2 rings (SSSR count). The molecule has 18 heavy (non-hydrogen) atoms. The van der Waals surface area contributed by atoms with Gasteiger partial charge in [-0.1, -0.05) is 54.1 Å². The summed E-state index contributed by atoms with van der Waals surface area (Å²) in [6.07, 6.45) is 2.02. The highest BCUT2D eigenvalue weighted by molar-refractivity contribution is 6.30. The lowest BCUT2D eigenvalue weighted by Crippen LogP contribution is -2.11. The number of benzene rings is 2. The highest BCUT2D eigenvalue weighted by Gasteiger charge is 2.06. The third kappa shape index (κ3) is 4.17. The van der Waals surface area contributed by atoms with E-state index in [4.69, 9.17) is 11.6 Å². The Morgan fingerprint density at radius 1 is 0.944 bits per heavy atom. The fourth-order valence-electron chi connectivity index (χ4n) is 2.02. The molecule has 2 heteroatoms. The van der Waals surface area contributed by atoms with Gasteiger partial charge in [-0.2, -0.15) is 0 Å². The molecule has 0 heterocycles. The smallest absolute Gasteiger partial charge is 0.0583 e. The van der Waals surface area contributed by atoms with E-state index in [0.717, 1.165) is 23.4 Å². The fourth-order valence-corrected chi connectivity index (χ4v) is 2.23. The molecule has 1 N–H and O–H groups in total. The number of aliphatic hydroxyl groups is 1. The Bertz CT molecular complexity index is 481. The van der Waals surface area contributed by atoms with Gasteiger partial charge >= 0.3 is 0 Å². The van der Waals surface area contributed by atoms with Crippen molar-refractivity contribution in [3.8, 4) is 0 Å². The number of halogens is 1. The second-order valence-electron chi connectivity index (χ2n) is 4.51. The van der Waals surface area contributed by atoms with Crippen molar-refractivity contribution in [3.63, 3.8) is 0 Å². The van der Waals surface area contributed by atoms with Gasteiger partial charge in [0.15, 0.2) is 0 Å². The maximum absolute atomic E-state index is 10.0. The first-order valence-electron chi connectivity index (χ1n) is 6.20. The summed E-state index contributed by atoms with van der Waals surface area (Å²) < 4.78 is 0. The normalized spacial score (nSPS) is 12.3. The van der Waals surface area contributed by atoms with E-state index in [1.165, 1.54) is 5.56 Å². The van der Waals surface area contributed by atoms with Gasteiger partial charge in [-0.3, -0.25) is 0 Å². The standard InChI is InChI=1S/C16H17ClO/c17-15-8-4-7-14(11-15)12-16(18)10-9-13-5-2-1-3-6-13/h1-8,11,16,18H,9-10,12H2. The van der Waals surface area contributed by atoms with Crippen molar-refractivity contribution < 1.29 is 5.11 Å². The Kier molecular flexibility index (Phi) is 4.80. The molecule has 0 amide bonds. The molecule has 0 saturated carbocycles. The molecular weight excluding hydrogens is 244 g/mol. The maximum atomic E-state index is 10.0. The number of rotatable bonds is 5. The van der Waals surface area contributed by atoms with Crippen molar-refractivity contribution in [1.82, 2.24) is 0 Å². The average Bonchev–Trinajstić information content (AvgIpc) is 2.38. The Balaban J connectivity index is 1.84. The summed E-state index contributed by atoms with van der Waals surface area (Å²) in [5, 5.41) is 10.7. The van der Waals surface area contributed by atoms with Crippen molar-refractivity contribution in [2.24, 2.45) is 0 Å². The van der Waals surface area contributed by atoms with Gasteiger partial charge in [0, 0.05) is 5.02 Å². The van der Waals surface area contributed by atoms with E-state index in [1.54, 1.807) is 0 Å². The number of aliphatic hydroxyl groups excluding tert-OH is 1. The largest absolute Gasteiger partial charge is 0.393 e. The van der Waals surface area contributed by atoms with Crippen LogP contribution in [0.15, 0.2) is 54.6 Å². The molecule has 94 valence electrons. The van der Waals surface area contributed by atoms with Crippen molar-refractivity contribution in [3.05, 3.63) is 70.7 Å². The molecule has 1 atom stereocenters. The summed E-state index contributed by atoms with van der Waals surface area (Å²) in [7, 11) is 0. The minimum atomic E-state index is -0.316. The average molecular weight is 261 g/mol. The Labute approximate surface area is 113 Å². The van der Waals surface area contributed by atoms with E-state index in [0.29, 0.717) is 6.42 Å². The zero-order valence-electron chi connectivity index (χ0n) is 10.2. The molecule has 0 aliphatic heterocycles.